The smallest absolute Gasteiger partial charge is 0.263 e. The van der Waals surface area contributed by atoms with E-state index in [1.165, 1.54) is 40.7 Å². The Labute approximate surface area is 178 Å². The fourth-order valence-electron chi connectivity index (χ4n) is 2.92. The van der Waals surface area contributed by atoms with Gasteiger partial charge in [-0.2, -0.15) is 0 Å². The van der Waals surface area contributed by atoms with Crippen molar-refractivity contribution >= 4 is 38.0 Å². The first-order valence-electron chi connectivity index (χ1n) is 9.16. The molecule has 0 atom stereocenters. The molecule has 0 aliphatic rings. The number of hydrogen-bond donors (Lipinski definition) is 2. The summed E-state index contributed by atoms with van der Waals surface area (Å²) in [7, 11) is -3.74. The normalized spacial score (nSPS) is 11.4. The Balaban J connectivity index is 1.49. The number of sulfonamides is 1. The lowest BCUT2D eigenvalue weighted by atomic mass is 10.0. The van der Waals surface area contributed by atoms with Crippen molar-refractivity contribution in [3.8, 4) is 11.3 Å². The average molecular weight is 441 g/mol. The Morgan fingerprint density at radius 1 is 1.00 bits per heavy atom. The molecule has 2 N–H and O–H groups in total. The molecule has 0 spiro atoms. The summed E-state index contributed by atoms with van der Waals surface area (Å²) in [5.74, 6) is 0.674. The SMILES string of the molecule is Cc1ccc(C)c(-c2csc(Nc3ccc(S(=O)(=O)Nc4cc(C)on4)cc3)n2)c1. The van der Waals surface area contributed by atoms with Crippen LogP contribution in [0.3, 0.4) is 0 Å². The number of thiazole rings is 1. The average Bonchev–Trinajstić information content (AvgIpc) is 3.33. The molecule has 0 radical (unpaired) electrons. The van der Waals surface area contributed by atoms with Crippen LogP contribution < -0.4 is 10.0 Å². The van der Waals surface area contributed by atoms with E-state index in [9.17, 15) is 8.42 Å². The molecule has 0 saturated carbocycles. The zero-order valence-electron chi connectivity index (χ0n) is 16.6. The lowest BCUT2D eigenvalue weighted by Crippen LogP contribution is -2.13. The maximum atomic E-state index is 12.5. The largest absolute Gasteiger partial charge is 0.360 e. The first kappa shape index (κ1) is 20.1. The van der Waals surface area contributed by atoms with E-state index in [0.717, 1.165) is 22.1 Å². The minimum atomic E-state index is -3.74. The van der Waals surface area contributed by atoms with E-state index in [-0.39, 0.29) is 10.7 Å². The number of nitrogens with zero attached hydrogens (tertiary/aromatic N) is 2. The molecule has 0 amide bonds. The summed E-state index contributed by atoms with van der Waals surface area (Å²) in [5.41, 5.74) is 5.11. The van der Waals surface area contributed by atoms with Crippen LogP contribution in [-0.4, -0.2) is 18.6 Å². The summed E-state index contributed by atoms with van der Waals surface area (Å²) in [6, 6.07) is 14.3. The summed E-state index contributed by atoms with van der Waals surface area (Å²) in [6.45, 7) is 5.81. The Morgan fingerprint density at radius 3 is 2.47 bits per heavy atom. The van der Waals surface area contributed by atoms with Gasteiger partial charge in [0.15, 0.2) is 10.9 Å². The Kier molecular flexibility index (Phi) is 5.31. The van der Waals surface area contributed by atoms with Crippen LogP contribution in [0.15, 0.2) is 63.3 Å². The van der Waals surface area contributed by atoms with Crippen LogP contribution in [-0.2, 0) is 10.0 Å². The molecular formula is C21H20N4O3S2. The molecular weight excluding hydrogens is 420 g/mol. The number of rotatable bonds is 6. The van der Waals surface area contributed by atoms with Gasteiger partial charge in [-0.25, -0.2) is 13.4 Å². The van der Waals surface area contributed by atoms with E-state index in [4.69, 9.17) is 4.52 Å². The molecule has 2 heterocycles. The third-order valence-electron chi connectivity index (χ3n) is 4.46. The van der Waals surface area contributed by atoms with Crippen molar-refractivity contribution in [1.29, 1.82) is 0 Å². The van der Waals surface area contributed by atoms with Gasteiger partial charge in [-0.3, -0.25) is 4.72 Å². The number of anilines is 3. The minimum Gasteiger partial charge on any atom is -0.360 e. The quantitative estimate of drug-likeness (QED) is 0.424. The maximum Gasteiger partial charge on any atom is 0.263 e. The molecule has 0 bridgehead atoms. The van der Waals surface area contributed by atoms with Gasteiger partial charge in [0.1, 0.15) is 5.76 Å². The van der Waals surface area contributed by atoms with Gasteiger partial charge in [-0.1, -0.05) is 22.9 Å². The molecule has 154 valence electrons. The van der Waals surface area contributed by atoms with Crippen molar-refractivity contribution in [2.45, 2.75) is 25.7 Å². The van der Waals surface area contributed by atoms with Crippen molar-refractivity contribution in [2.24, 2.45) is 0 Å². The van der Waals surface area contributed by atoms with Crippen LogP contribution in [0.2, 0.25) is 0 Å². The van der Waals surface area contributed by atoms with Gasteiger partial charge < -0.3 is 9.84 Å². The summed E-state index contributed by atoms with van der Waals surface area (Å²) >= 11 is 1.50. The third-order valence-corrected chi connectivity index (χ3v) is 6.58. The van der Waals surface area contributed by atoms with Crippen molar-refractivity contribution in [3.05, 3.63) is 70.8 Å². The third kappa shape index (κ3) is 4.37. The molecule has 0 unspecified atom stereocenters. The van der Waals surface area contributed by atoms with Crippen LogP contribution >= 0.6 is 11.3 Å². The Hall–Kier alpha value is -3.17. The van der Waals surface area contributed by atoms with Crippen molar-refractivity contribution in [2.75, 3.05) is 10.0 Å². The van der Waals surface area contributed by atoms with Crippen LogP contribution in [0, 0.1) is 20.8 Å². The van der Waals surface area contributed by atoms with E-state index in [2.05, 4.69) is 52.2 Å². The number of benzene rings is 2. The Morgan fingerprint density at radius 2 is 1.77 bits per heavy atom. The lowest BCUT2D eigenvalue weighted by Gasteiger charge is -2.07. The molecule has 4 aromatic rings. The lowest BCUT2D eigenvalue weighted by molar-refractivity contribution is 0.400. The fourth-order valence-corrected chi connectivity index (χ4v) is 4.63. The van der Waals surface area contributed by atoms with E-state index in [1.807, 2.05) is 5.38 Å². The van der Waals surface area contributed by atoms with Crippen LogP contribution in [0.25, 0.3) is 11.3 Å². The summed E-state index contributed by atoms with van der Waals surface area (Å²) < 4.78 is 32.2. The van der Waals surface area contributed by atoms with E-state index in [0.29, 0.717) is 5.76 Å². The summed E-state index contributed by atoms with van der Waals surface area (Å²) in [6.07, 6.45) is 0. The molecule has 30 heavy (non-hydrogen) atoms. The monoisotopic (exact) mass is 440 g/mol. The predicted molar refractivity (Wildman–Crippen MR) is 119 cm³/mol. The van der Waals surface area contributed by atoms with Gasteiger partial charge in [0.05, 0.1) is 10.6 Å². The molecule has 2 aromatic carbocycles. The highest BCUT2D eigenvalue weighted by atomic mass is 32.2. The maximum absolute atomic E-state index is 12.5. The van der Waals surface area contributed by atoms with Crippen molar-refractivity contribution in [1.82, 2.24) is 10.1 Å². The van der Waals surface area contributed by atoms with E-state index in [1.54, 1.807) is 19.1 Å². The zero-order chi connectivity index (χ0) is 21.3. The highest BCUT2D eigenvalue weighted by Crippen LogP contribution is 2.30. The van der Waals surface area contributed by atoms with E-state index >= 15 is 0 Å². The first-order valence-corrected chi connectivity index (χ1v) is 11.5. The zero-order valence-corrected chi connectivity index (χ0v) is 18.3. The van der Waals surface area contributed by atoms with Gasteiger partial charge in [0.2, 0.25) is 0 Å². The van der Waals surface area contributed by atoms with Gasteiger partial charge in [-0.05, 0) is 56.7 Å². The van der Waals surface area contributed by atoms with Gasteiger partial charge in [-0.15, -0.1) is 11.3 Å². The van der Waals surface area contributed by atoms with Crippen LogP contribution in [0.5, 0.6) is 0 Å². The van der Waals surface area contributed by atoms with Crippen molar-refractivity contribution in [3.63, 3.8) is 0 Å². The second kappa shape index (κ2) is 7.92. The summed E-state index contributed by atoms with van der Waals surface area (Å²) in [4.78, 5) is 4.79. The highest BCUT2D eigenvalue weighted by molar-refractivity contribution is 7.92. The highest BCUT2D eigenvalue weighted by Gasteiger charge is 2.16. The number of hydrogen-bond acceptors (Lipinski definition) is 7. The van der Waals surface area contributed by atoms with Gasteiger partial charge in [0.25, 0.3) is 10.0 Å². The van der Waals surface area contributed by atoms with Gasteiger partial charge >= 0.3 is 0 Å². The molecule has 2 aromatic heterocycles. The number of nitrogens with one attached hydrogen (secondary N) is 2. The second-order valence-electron chi connectivity index (χ2n) is 6.93. The topological polar surface area (TPSA) is 97.1 Å². The van der Waals surface area contributed by atoms with Crippen LogP contribution in [0.4, 0.5) is 16.6 Å². The first-order chi connectivity index (χ1) is 14.3. The molecule has 0 fully saturated rings. The van der Waals surface area contributed by atoms with E-state index < -0.39 is 10.0 Å². The molecule has 4 rings (SSSR count). The molecule has 9 heteroatoms. The van der Waals surface area contributed by atoms with Crippen molar-refractivity contribution < 1.29 is 12.9 Å². The Bertz CT molecular complexity index is 1290. The number of aromatic nitrogens is 2. The molecule has 7 nitrogen and oxygen atoms in total. The predicted octanol–water partition coefficient (Wildman–Crippen LogP) is 5.27. The van der Waals surface area contributed by atoms with Gasteiger partial charge in [0, 0.05) is 22.7 Å². The summed E-state index contributed by atoms with van der Waals surface area (Å²) in [5, 5.41) is 9.62. The molecule has 0 aliphatic carbocycles. The minimum absolute atomic E-state index is 0.129. The van der Waals surface area contributed by atoms with Crippen LogP contribution in [0.1, 0.15) is 16.9 Å². The molecule has 0 saturated heterocycles. The fraction of sp³-hybridized carbons (Fsp3) is 0.143. The standard InChI is InChI=1S/C21H20N4O3S2/c1-13-4-5-14(2)18(10-13)19-12-29-21(23-19)22-16-6-8-17(9-7-16)30(26,27)25-20-11-15(3)28-24-20/h4-12H,1-3H3,(H,22,23)(H,24,25). The second-order valence-corrected chi connectivity index (χ2v) is 9.47. The number of aryl methyl sites for hydroxylation is 3. The molecule has 0 aliphatic heterocycles.